The fourth-order valence-electron chi connectivity index (χ4n) is 1.43. The zero-order valence-corrected chi connectivity index (χ0v) is 11.2. The molecule has 0 aliphatic carbocycles. The van der Waals surface area contributed by atoms with Crippen molar-refractivity contribution in [1.82, 2.24) is 0 Å². The molecule has 0 aliphatic rings. The van der Waals surface area contributed by atoms with Crippen molar-refractivity contribution in [3.8, 4) is 0 Å². The van der Waals surface area contributed by atoms with Gasteiger partial charge in [-0.25, -0.2) is 0 Å². The highest BCUT2D eigenvalue weighted by atomic mass is 79.9. The second-order valence-corrected chi connectivity index (χ2v) is 6.41. The molecule has 80 valence electrons. The molecule has 0 aliphatic heterocycles. The van der Waals surface area contributed by atoms with Crippen LogP contribution in [0.4, 0.5) is 0 Å². The van der Waals surface area contributed by atoms with Crippen molar-refractivity contribution >= 4 is 27.3 Å². The van der Waals surface area contributed by atoms with E-state index in [1.165, 1.54) is 22.2 Å². The first kappa shape index (κ1) is 12.2. The van der Waals surface area contributed by atoms with E-state index in [-0.39, 0.29) is 6.04 Å². The standard InChI is InChI=1S/C11H18BrNS/c1-8(2)4-3-5-10(13)9-6-11(12)14-7-9/h6-8,10H,3-5,13H2,1-2H3. The highest BCUT2D eigenvalue weighted by Crippen LogP contribution is 2.26. The predicted octanol–water partition coefficient (Wildman–Crippen LogP) is 4.34. The molecule has 1 nitrogen and oxygen atoms in total. The van der Waals surface area contributed by atoms with Crippen LogP contribution >= 0.6 is 27.3 Å². The normalized spacial score (nSPS) is 13.5. The summed E-state index contributed by atoms with van der Waals surface area (Å²) in [5.74, 6) is 0.788. The third kappa shape index (κ3) is 4.11. The molecule has 0 saturated heterocycles. The van der Waals surface area contributed by atoms with Crippen molar-refractivity contribution in [3.05, 3.63) is 20.8 Å². The number of thiophene rings is 1. The minimum atomic E-state index is 0.219. The molecule has 1 heterocycles. The third-order valence-corrected chi connectivity index (χ3v) is 3.84. The van der Waals surface area contributed by atoms with Crippen LogP contribution in [0.2, 0.25) is 0 Å². The molecule has 1 unspecified atom stereocenters. The average Bonchev–Trinajstić information content (AvgIpc) is 2.51. The molecule has 0 amide bonds. The molecule has 0 saturated carbocycles. The van der Waals surface area contributed by atoms with E-state index in [0.29, 0.717) is 0 Å². The monoisotopic (exact) mass is 275 g/mol. The first-order valence-electron chi connectivity index (χ1n) is 5.09. The van der Waals surface area contributed by atoms with Crippen LogP contribution in [0.1, 0.15) is 44.7 Å². The molecule has 1 aromatic rings. The van der Waals surface area contributed by atoms with Gasteiger partial charge in [-0.2, -0.15) is 0 Å². The number of rotatable bonds is 5. The summed E-state index contributed by atoms with van der Waals surface area (Å²) in [5, 5.41) is 2.14. The fourth-order valence-corrected chi connectivity index (χ4v) is 2.67. The van der Waals surface area contributed by atoms with Crippen LogP contribution < -0.4 is 5.73 Å². The molecule has 1 aromatic heterocycles. The molecular formula is C11H18BrNS. The summed E-state index contributed by atoms with van der Waals surface area (Å²) in [6.07, 6.45) is 3.60. The molecule has 1 rings (SSSR count). The predicted molar refractivity (Wildman–Crippen MR) is 67.6 cm³/mol. The number of hydrogen-bond donors (Lipinski definition) is 1. The van der Waals surface area contributed by atoms with Gasteiger partial charge in [0.1, 0.15) is 0 Å². The summed E-state index contributed by atoms with van der Waals surface area (Å²) < 4.78 is 1.17. The lowest BCUT2D eigenvalue weighted by molar-refractivity contribution is 0.506. The summed E-state index contributed by atoms with van der Waals surface area (Å²) in [4.78, 5) is 0. The van der Waals surface area contributed by atoms with Crippen molar-refractivity contribution in [2.75, 3.05) is 0 Å². The maximum Gasteiger partial charge on any atom is 0.0701 e. The zero-order valence-electron chi connectivity index (χ0n) is 8.79. The quantitative estimate of drug-likeness (QED) is 0.850. The summed E-state index contributed by atoms with van der Waals surface area (Å²) in [7, 11) is 0. The Labute approximate surface area is 98.8 Å². The van der Waals surface area contributed by atoms with Crippen LogP contribution in [0.3, 0.4) is 0 Å². The fraction of sp³-hybridized carbons (Fsp3) is 0.636. The Bertz CT molecular complexity index is 270. The van der Waals surface area contributed by atoms with Gasteiger partial charge in [0.15, 0.2) is 0 Å². The Morgan fingerprint density at radius 3 is 2.64 bits per heavy atom. The maximum atomic E-state index is 6.08. The number of halogens is 1. The largest absolute Gasteiger partial charge is 0.324 e. The minimum absolute atomic E-state index is 0.219. The maximum absolute atomic E-state index is 6.08. The van der Waals surface area contributed by atoms with Gasteiger partial charge >= 0.3 is 0 Å². The van der Waals surface area contributed by atoms with Gasteiger partial charge in [-0.15, -0.1) is 11.3 Å². The van der Waals surface area contributed by atoms with Crippen LogP contribution in [0.25, 0.3) is 0 Å². The molecular weight excluding hydrogens is 258 g/mol. The highest BCUT2D eigenvalue weighted by Gasteiger charge is 2.07. The second kappa shape index (κ2) is 5.89. The average molecular weight is 276 g/mol. The first-order chi connectivity index (χ1) is 6.59. The van der Waals surface area contributed by atoms with E-state index in [2.05, 4.69) is 41.2 Å². The Morgan fingerprint density at radius 2 is 2.14 bits per heavy atom. The van der Waals surface area contributed by atoms with Gasteiger partial charge in [0.05, 0.1) is 3.79 Å². The molecule has 0 spiro atoms. The van der Waals surface area contributed by atoms with Crippen LogP contribution in [0.15, 0.2) is 15.2 Å². The van der Waals surface area contributed by atoms with E-state index < -0.39 is 0 Å². The summed E-state index contributed by atoms with van der Waals surface area (Å²) >= 11 is 5.16. The van der Waals surface area contributed by atoms with Crippen molar-refractivity contribution < 1.29 is 0 Å². The van der Waals surface area contributed by atoms with Crippen LogP contribution in [0, 0.1) is 5.92 Å². The Morgan fingerprint density at radius 1 is 1.43 bits per heavy atom. The summed E-state index contributed by atoms with van der Waals surface area (Å²) in [6, 6.07) is 2.35. The van der Waals surface area contributed by atoms with Crippen molar-refractivity contribution in [2.45, 2.75) is 39.2 Å². The molecule has 0 fully saturated rings. The van der Waals surface area contributed by atoms with E-state index >= 15 is 0 Å². The topological polar surface area (TPSA) is 26.0 Å². The van der Waals surface area contributed by atoms with Crippen LogP contribution in [-0.2, 0) is 0 Å². The molecule has 0 aromatic carbocycles. The van der Waals surface area contributed by atoms with E-state index in [9.17, 15) is 0 Å². The molecule has 2 N–H and O–H groups in total. The van der Waals surface area contributed by atoms with Crippen molar-refractivity contribution in [3.63, 3.8) is 0 Å². The lowest BCUT2D eigenvalue weighted by Gasteiger charge is -2.10. The lowest BCUT2D eigenvalue weighted by atomic mass is 10.0. The van der Waals surface area contributed by atoms with Gasteiger partial charge < -0.3 is 5.73 Å². The van der Waals surface area contributed by atoms with E-state index in [1.807, 2.05) is 0 Å². The number of nitrogens with two attached hydrogens (primary N) is 1. The van der Waals surface area contributed by atoms with Gasteiger partial charge in [0.25, 0.3) is 0 Å². The molecule has 1 atom stereocenters. The molecule has 0 bridgehead atoms. The smallest absolute Gasteiger partial charge is 0.0701 e. The molecule has 0 radical (unpaired) electrons. The minimum Gasteiger partial charge on any atom is -0.324 e. The van der Waals surface area contributed by atoms with Gasteiger partial charge in [0, 0.05) is 6.04 Å². The lowest BCUT2D eigenvalue weighted by Crippen LogP contribution is -2.09. The Hall–Kier alpha value is 0.140. The van der Waals surface area contributed by atoms with E-state index in [4.69, 9.17) is 5.73 Å². The second-order valence-electron chi connectivity index (χ2n) is 4.12. The molecule has 14 heavy (non-hydrogen) atoms. The Kier molecular flexibility index (Phi) is 5.13. The van der Waals surface area contributed by atoms with Crippen molar-refractivity contribution in [2.24, 2.45) is 11.7 Å². The summed E-state index contributed by atoms with van der Waals surface area (Å²) in [5.41, 5.74) is 7.35. The number of hydrogen-bond acceptors (Lipinski definition) is 2. The van der Waals surface area contributed by atoms with E-state index in [0.717, 1.165) is 12.3 Å². The van der Waals surface area contributed by atoms with Crippen LogP contribution in [0.5, 0.6) is 0 Å². The van der Waals surface area contributed by atoms with Gasteiger partial charge in [-0.05, 0) is 45.3 Å². The van der Waals surface area contributed by atoms with Gasteiger partial charge in [0.2, 0.25) is 0 Å². The third-order valence-electron chi connectivity index (χ3n) is 2.31. The summed E-state index contributed by atoms with van der Waals surface area (Å²) in [6.45, 7) is 4.51. The highest BCUT2D eigenvalue weighted by molar-refractivity contribution is 9.11. The van der Waals surface area contributed by atoms with Gasteiger partial charge in [-0.1, -0.05) is 26.7 Å². The Balaban J connectivity index is 2.32. The van der Waals surface area contributed by atoms with E-state index in [1.54, 1.807) is 11.3 Å². The zero-order chi connectivity index (χ0) is 10.6. The first-order valence-corrected chi connectivity index (χ1v) is 6.76. The van der Waals surface area contributed by atoms with Gasteiger partial charge in [-0.3, -0.25) is 0 Å². The molecule has 3 heteroatoms. The van der Waals surface area contributed by atoms with Crippen LogP contribution in [-0.4, -0.2) is 0 Å². The van der Waals surface area contributed by atoms with Crippen molar-refractivity contribution in [1.29, 1.82) is 0 Å². The SMILES string of the molecule is CC(C)CCCC(N)c1csc(Br)c1.